The summed E-state index contributed by atoms with van der Waals surface area (Å²) < 4.78 is 0. The molecule has 4 heteroatoms. The van der Waals surface area contributed by atoms with Crippen LogP contribution in [0.4, 0.5) is 0 Å². The van der Waals surface area contributed by atoms with E-state index in [1.807, 2.05) is 6.07 Å². The van der Waals surface area contributed by atoms with E-state index in [0.717, 1.165) is 25.0 Å². The molecule has 0 saturated heterocycles. The topological polar surface area (TPSA) is 42.0 Å². The Hall–Kier alpha value is -1.09. The summed E-state index contributed by atoms with van der Waals surface area (Å²) in [5, 5.41) is 3.51. The number of rotatable bonds is 2. The molecule has 1 aromatic rings. The molecule has 2 rings (SSSR count). The minimum Gasteiger partial charge on any atom is -0.349 e. The van der Waals surface area contributed by atoms with Gasteiger partial charge in [0.25, 0.3) is 5.91 Å². The fourth-order valence-corrected chi connectivity index (χ4v) is 3.05. The van der Waals surface area contributed by atoms with Crippen LogP contribution in [0.2, 0.25) is 5.15 Å². The zero-order chi connectivity index (χ0) is 15.8. The fraction of sp³-hybridized carbons (Fsp3) is 0.647. The van der Waals surface area contributed by atoms with Crippen molar-refractivity contribution >= 4 is 17.5 Å². The van der Waals surface area contributed by atoms with E-state index in [1.165, 1.54) is 0 Å². The van der Waals surface area contributed by atoms with E-state index in [1.54, 1.807) is 6.07 Å². The van der Waals surface area contributed by atoms with E-state index < -0.39 is 0 Å². The maximum absolute atomic E-state index is 12.4. The van der Waals surface area contributed by atoms with Crippen LogP contribution in [-0.4, -0.2) is 16.9 Å². The van der Waals surface area contributed by atoms with Crippen molar-refractivity contribution in [2.75, 3.05) is 0 Å². The first-order valence-corrected chi connectivity index (χ1v) is 7.94. The Balaban J connectivity index is 2.15. The Morgan fingerprint density at radius 2 is 2.05 bits per heavy atom. The summed E-state index contributed by atoms with van der Waals surface area (Å²) in [5.41, 5.74) is 1.64. The summed E-state index contributed by atoms with van der Waals surface area (Å²) in [6.07, 6.45) is 3.23. The molecular weight excluding hydrogens is 284 g/mol. The van der Waals surface area contributed by atoms with E-state index >= 15 is 0 Å². The molecular formula is C17H25ClN2O. The number of halogens is 1. The third-order valence-electron chi connectivity index (χ3n) is 4.13. The highest BCUT2D eigenvalue weighted by atomic mass is 35.5. The summed E-state index contributed by atoms with van der Waals surface area (Å²) in [5.74, 6) is -0.0486. The second kappa shape index (κ2) is 5.60. The quantitative estimate of drug-likeness (QED) is 0.826. The minimum atomic E-state index is -0.130. The number of nitrogens with zero attached hydrogens (tertiary/aromatic N) is 1. The number of aromatic nitrogens is 1. The number of nitrogens with one attached hydrogen (secondary N) is 1. The molecule has 1 aliphatic carbocycles. The average Bonchev–Trinajstić information content (AvgIpc) is 2.66. The van der Waals surface area contributed by atoms with Crippen molar-refractivity contribution < 1.29 is 4.79 Å². The van der Waals surface area contributed by atoms with Gasteiger partial charge in [-0.1, -0.05) is 46.2 Å². The van der Waals surface area contributed by atoms with Crippen LogP contribution in [0.3, 0.4) is 0 Å². The summed E-state index contributed by atoms with van der Waals surface area (Å²) in [6.45, 7) is 10.7. The zero-order valence-corrected chi connectivity index (χ0v) is 14.3. The number of amides is 1. The fourth-order valence-electron chi connectivity index (χ4n) is 2.84. The number of hydrogen-bond donors (Lipinski definition) is 1. The lowest BCUT2D eigenvalue weighted by atomic mass is 9.90. The summed E-state index contributed by atoms with van der Waals surface area (Å²) in [7, 11) is 0. The van der Waals surface area contributed by atoms with Crippen LogP contribution < -0.4 is 5.32 Å². The van der Waals surface area contributed by atoms with Crippen molar-refractivity contribution in [2.45, 2.75) is 65.3 Å². The lowest BCUT2D eigenvalue weighted by Gasteiger charge is -2.20. The lowest BCUT2D eigenvalue weighted by Crippen LogP contribution is -2.33. The summed E-state index contributed by atoms with van der Waals surface area (Å²) in [6, 6.07) is 3.76. The minimum absolute atomic E-state index is 0.0486. The molecule has 1 heterocycles. The summed E-state index contributed by atoms with van der Waals surface area (Å²) in [4.78, 5) is 16.8. The molecule has 116 valence electrons. The first-order chi connectivity index (χ1) is 9.57. The summed E-state index contributed by atoms with van der Waals surface area (Å²) >= 11 is 6.07. The van der Waals surface area contributed by atoms with Crippen LogP contribution in [0.25, 0.3) is 0 Å². The molecule has 1 aromatic heterocycles. The largest absolute Gasteiger partial charge is 0.349 e. The molecule has 1 N–H and O–H groups in total. The molecule has 0 radical (unpaired) electrons. The van der Waals surface area contributed by atoms with Crippen LogP contribution in [0.5, 0.6) is 0 Å². The van der Waals surface area contributed by atoms with Gasteiger partial charge in [0.2, 0.25) is 0 Å². The molecule has 0 bridgehead atoms. The molecule has 1 aliphatic rings. The Bertz CT molecular complexity index is 546. The molecule has 1 unspecified atom stereocenters. The Labute approximate surface area is 132 Å². The van der Waals surface area contributed by atoms with Crippen molar-refractivity contribution in [2.24, 2.45) is 5.41 Å². The molecule has 1 amide bonds. The van der Waals surface area contributed by atoms with Crippen LogP contribution in [-0.2, 0) is 5.41 Å². The maximum Gasteiger partial charge on any atom is 0.251 e. The number of carbonyl (C=O) groups excluding carboxylic acids is 1. The van der Waals surface area contributed by atoms with Crippen molar-refractivity contribution in [3.8, 4) is 0 Å². The number of pyridine rings is 1. The zero-order valence-electron chi connectivity index (χ0n) is 13.6. The van der Waals surface area contributed by atoms with E-state index in [-0.39, 0.29) is 17.4 Å². The third kappa shape index (κ3) is 4.19. The van der Waals surface area contributed by atoms with Gasteiger partial charge in [-0.05, 0) is 36.8 Å². The van der Waals surface area contributed by atoms with Gasteiger partial charge in [0.05, 0.1) is 0 Å². The van der Waals surface area contributed by atoms with Gasteiger partial charge in [-0.15, -0.1) is 0 Å². The van der Waals surface area contributed by atoms with Gasteiger partial charge in [0, 0.05) is 22.7 Å². The SMILES string of the molecule is CC1(C)CCC(NC(=O)c2cc(Cl)nc(C(C)(C)C)c2)C1. The normalized spacial score (nSPS) is 21.3. The van der Waals surface area contributed by atoms with Gasteiger partial charge in [-0.25, -0.2) is 4.98 Å². The standard InChI is InChI=1S/C17H25ClN2O/c1-16(2,3)13-8-11(9-14(18)20-13)15(21)19-12-6-7-17(4,5)10-12/h8-9,12H,6-7,10H2,1-5H3,(H,19,21). The molecule has 0 spiro atoms. The highest BCUT2D eigenvalue weighted by Crippen LogP contribution is 2.37. The monoisotopic (exact) mass is 308 g/mol. The first-order valence-electron chi connectivity index (χ1n) is 7.56. The Morgan fingerprint density at radius 1 is 1.38 bits per heavy atom. The third-order valence-corrected chi connectivity index (χ3v) is 4.32. The van der Waals surface area contributed by atoms with Crippen LogP contribution >= 0.6 is 11.6 Å². The highest BCUT2D eigenvalue weighted by molar-refractivity contribution is 6.29. The molecule has 0 aliphatic heterocycles. The predicted molar refractivity (Wildman–Crippen MR) is 86.8 cm³/mol. The van der Waals surface area contributed by atoms with Crippen molar-refractivity contribution in [3.05, 3.63) is 28.5 Å². The average molecular weight is 309 g/mol. The van der Waals surface area contributed by atoms with E-state index in [9.17, 15) is 4.79 Å². The van der Waals surface area contributed by atoms with Gasteiger partial charge in [-0.3, -0.25) is 4.79 Å². The Morgan fingerprint density at radius 3 is 2.57 bits per heavy atom. The Kier molecular flexibility index (Phi) is 4.34. The van der Waals surface area contributed by atoms with Gasteiger partial charge in [-0.2, -0.15) is 0 Å². The van der Waals surface area contributed by atoms with Gasteiger partial charge in [0.1, 0.15) is 5.15 Å². The van der Waals surface area contributed by atoms with Crippen molar-refractivity contribution in [3.63, 3.8) is 0 Å². The first kappa shape index (κ1) is 16.3. The van der Waals surface area contributed by atoms with E-state index in [0.29, 0.717) is 16.1 Å². The molecule has 3 nitrogen and oxygen atoms in total. The maximum atomic E-state index is 12.4. The van der Waals surface area contributed by atoms with Crippen LogP contribution in [0.15, 0.2) is 12.1 Å². The smallest absolute Gasteiger partial charge is 0.251 e. The number of hydrogen-bond acceptors (Lipinski definition) is 2. The highest BCUT2D eigenvalue weighted by Gasteiger charge is 2.32. The van der Waals surface area contributed by atoms with Crippen LogP contribution in [0, 0.1) is 5.41 Å². The lowest BCUT2D eigenvalue weighted by molar-refractivity contribution is 0.0935. The van der Waals surface area contributed by atoms with E-state index in [4.69, 9.17) is 11.6 Å². The second-order valence-electron chi connectivity index (χ2n) is 7.89. The van der Waals surface area contributed by atoms with Crippen LogP contribution in [0.1, 0.15) is 69.9 Å². The van der Waals surface area contributed by atoms with Crippen molar-refractivity contribution in [1.82, 2.24) is 10.3 Å². The van der Waals surface area contributed by atoms with Crippen molar-refractivity contribution in [1.29, 1.82) is 0 Å². The number of carbonyl (C=O) groups is 1. The molecule has 1 atom stereocenters. The molecule has 1 fully saturated rings. The predicted octanol–water partition coefficient (Wildman–Crippen LogP) is 4.34. The van der Waals surface area contributed by atoms with Gasteiger partial charge >= 0.3 is 0 Å². The van der Waals surface area contributed by atoms with E-state index in [2.05, 4.69) is 44.9 Å². The molecule has 21 heavy (non-hydrogen) atoms. The molecule has 1 saturated carbocycles. The van der Waals surface area contributed by atoms with Gasteiger partial charge < -0.3 is 5.32 Å². The second-order valence-corrected chi connectivity index (χ2v) is 8.28. The molecule has 0 aromatic carbocycles. The van der Waals surface area contributed by atoms with Gasteiger partial charge in [0.15, 0.2) is 0 Å².